The summed E-state index contributed by atoms with van der Waals surface area (Å²) in [5.74, 6) is 0. The zero-order chi connectivity index (χ0) is 13.9. The largest absolute Gasteiger partial charge is 0.361 e. The number of aromatic nitrogens is 1. The molecule has 1 N–H and O–H groups in total. The fraction of sp³-hybridized carbons (Fsp3) is 0.188. The van der Waals surface area contributed by atoms with E-state index in [0.29, 0.717) is 0 Å². The van der Waals surface area contributed by atoms with E-state index in [9.17, 15) is 0 Å². The highest BCUT2D eigenvalue weighted by Crippen LogP contribution is 2.28. The number of hydrogen-bond acceptors (Lipinski definition) is 3. The molecule has 0 bridgehead atoms. The first-order chi connectivity index (χ1) is 9.72. The van der Waals surface area contributed by atoms with Gasteiger partial charge in [0.25, 0.3) is 0 Å². The molecular formula is C16H15BrN2S. The third-order valence-electron chi connectivity index (χ3n) is 3.28. The molecule has 0 saturated carbocycles. The van der Waals surface area contributed by atoms with E-state index >= 15 is 0 Å². The lowest BCUT2D eigenvalue weighted by molar-refractivity contribution is 1.00. The smallest absolute Gasteiger partial charge is 0.183 e. The minimum Gasteiger partial charge on any atom is -0.361 e. The van der Waals surface area contributed by atoms with E-state index in [1.807, 2.05) is 12.1 Å². The second-order valence-electron chi connectivity index (χ2n) is 4.73. The first-order valence-corrected chi connectivity index (χ1v) is 8.18. The number of halogens is 1. The molecule has 0 unspecified atom stereocenters. The normalized spacial score (nSPS) is 10.9. The van der Waals surface area contributed by atoms with Gasteiger partial charge in [0, 0.05) is 11.0 Å². The minimum absolute atomic E-state index is 0.909. The van der Waals surface area contributed by atoms with Crippen molar-refractivity contribution >= 4 is 42.6 Å². The Balaban J connectivity index is 1.67. The summed E-state index contributed by atoms with van der Waals surface area (Å²) in [7, 11) is 0. The summed E-state index contributed by atoms with van der Waals surface area (Å²) in [6, 6.07) is 14.7. The molecule has 0 radical (unpaired) electrons. The summed E-state index contributed by atoms with van der Waals surface area (Å²) in [5, 5.41) is 4.41. The van der Waals surface area contributed by atoms with Crippen LogP contribution in [-0.4, -0.2) is 11.5 Å². The Hall–Kier alpha value is -1.39. The second-order valence-corrected chi connectivity index (χ2v) is 6.68. The van der Waals surface area contributed by atoms with Gasteiger partial charge < -0.3 is 5.32 Å². The van der Waals surface area contributed by atoms with Gasteiger partial charge in [-0.15, -0.1) is 0 Å². The Morgan fingerprint density at radius 2 is 2.05 bits per heavy atom. The molecule has 3 rings (SSSR count). The van der Waals surface area contributed by atoms with E-state index in [4.69, 9.17) is 0 Å². The number of hydrogen-bond donors (Lipinski definition) is 1. The van der Waals surface area contributed by atoms with E-state index < -0.39 is 0 Å². The van der Waals surface area contributed by atoms with Crippen molar-refractivity contribution in [3.8, 4) is 0 Å². The summed E-state index contributed by atoms with van der Waals surface area (Å²) in [5.41, 5.74) is 3.79. The van der Waals surface area contributed by atoms with Gasteiger partial charge in [-0.1, -0.05) is 51.5 Å². The van der Waals surface area contributed by atoms with Crippen LogP contribution in [0.25, 0.3) is 10.2 Å². The molecule has 0 fully saturated rings. The number of benzene rings is 2. The number of fused-ring (bicyclic) bond motifs is 1. The fourth-order valence-corrected chi connectivity index (χ4v) is 3.61. The van der Waals surface area contributed by atoms with Crippen LogP contribution in [0, 0.1) is 6.92 Å². The number of nitrogens with one attached hydrogen (secondary N) is 1. The molecule has 0 atom stereocenters. The molecule has 0 spiro atoms. The molecule has 0 amide bonds. The molecule has 2 aromatic carbocycles. The molecule has 102 valence electrons. The molecule has 20 heavy (non-hydrogen) atoms. The van der Waals surface area contributed by atoms with E-state index in [1.54, 1.807) is 11.3 Å². The van der Waals surface area contributed by atoms with Crippen molar-refractivity contribution in [2.75, 3.05) is 11.9 Å². The first kappa shape index (κ1) is 13.6. The van der Waals surface area contributed by atoms with Crippen LogP contribution in [0.5, 0.6) is 0 Å². The highest BCUT2D eigenvalue weighted by molar-refractivity contribution is 9.10. The fourth-order valence-electron chi connectivity index (χ4n) is 2.17. The third-order valence-corrected chi connectivity index (χ3v) is 4.75. The number of anilines is 1. The average molecular weight is 347 g/mol. The molecule has 2 nitrogen and oxygen atoms in total. The topological polar surface area (TPSA) is 24.9 Å². The maximum absolute atomic E-state index is 4.59. The maximum atomic E-state index is 4.59. The van der Waals surface area contributed by atoms with Crippen LogP contribution in [0.15, 0.2) is 46.9 Å². The highest BCUT2D eigenvalue weighted by atomic mass is 79.9. The average Bonchev–Trinajstić information content (AvgIpc) is 2.83. The second kappa shape index (κ2) is 5.94. The standard InChI is InChI=1S/C16H15BrN2S/c1-11-4-2-3-5-12(11)8-9-18-16-19-14-7-6-13(17)10-15(14)20-16/h2-7,10H,8-9H2,1H3,(H,18,19). The number of nitrogens with zero attached hydrogens (tertiary/aromatic N) is 1. The van der Waals surface area contributed by atoms with Crippen LogP contribution in [0.2, 0.25) is 0 Å². The lowest BCUT2D eigenvalue weighted by Crippen LogP contribution is -2.05. The van der Waals surface area contributed by atoms with E-state index in [0.717, 1.165) is 28.1 Å². The zero-order valence-corrected chi connectivity index (χ0v) is 13.6. The van der Waals surface area contributed by atoms with Crippen LogP contribution < -0.4 is 5.32 Å². The molecule has 0 aliphatic heterocycles. The van der Waals surface area contributed by atoms with E-state index in [-0.39, 0.29) is 0 Å². The Morgan fingerprint density at radius 3 is 2.90 bits per heavy atom. The summed E-state index contributed by atoms with van der Waals surface area (Å²) >= 11 is 5.19. The summed E-state index contributed by atoms with van der Waals surface area (Å²) in [6.07, 6.45) is 1.02. The first-order valence-electron chi connectivity index (χ1n) is 6.57. The zero-order valence-electron chi connectivity index (χ0n) is 11.2. The van der Waals surface area contributed by atoms with Crippen molar-refractivity contribution in [3.05, 3.63) is 58.1 Å². The van der Waals surface area contributed by atoms with Gasteiger partial charge in [-0.3, -0.25) is 0 Å². The van der Waals surface area contributed by atoms with Crippen LogP contribution in [0.3, 0.4) is 0 Å². The van der Waals surface area contributed by atoms with Gasteiger partial charge in [0.15, 0.2) is 5.13 Å². The molecule has 4 heteroatoms. The quantitative estimate of drug-likeness (QED) is 0.717. The molecular weight excluding hydrogens is 332 g/mol. The van der Waals surface area contributed by atoms with Crippen molar-refractivity contribution in [3.63, 3.8) is 0 Å². The van der Waals surface area contributed by atoms with E-state index in [1.165, 1.54) is 15.8 Å². The van der Waals surface area contributed by atoms with Gasteiger partial charge in [0.1, 0.15) is 0 Å². The molecule has 3 aromatic rings. The predicted octanol–water partition coefficient (Wildman–Crippen LogP) is 5.02. The van der Waals surface area contributed by atoms with Crippen molar-refractivity contribution in [2.45, 2.75) is 13.3 Å². The number of thiazole rings is 1. The predicted molar refractivity (Wildman–Crippen MR) is 90.7 cm³/mol. The Bertz CT molecular complexity index is 736. The number of rotatable bonds is 4. The molecule has 1 aromatic heterocycles. The Kier molecular flexibility index (Phi) is 4.03. The van der Waals surface area contributed by atoms with E-state index in [2.05, 4.69) is 63.5 Å². The lowest BCUT2D eigenvalue weighted by Gasteiger charge is -2.05. The molecule has 1 heterocycles. The minimum atomic E-state index is 0.909. The van der Waals surface area contributed by atoms with Gasteiger partial charge in [-0.2, -0.15) is 0 Å². The van der Waals surface area contributed by atoms with Gasteiger partial charge in [-0.25, -0.2) is 4.98 Å². The Labute approximate surface area is 131 Å². The summed E-state index contributed by atoms with van der Waals surface area (Å²) in [4.78, 5) is 4.59. The van der Waals surface area contributed by atoms with Crippen molar-refractivity contribution in [1.82, 2.24) is 4.98 Å². The maximum Gasteiger partial charge on any atom is 0.183 e. The van der Waals surface area contributed by atoms with Crippen LogP contribution >= 0.6 is 27.3 Å². The van der Waals surface area contributed by atoms with Crippen molar-refractivity contribution in [2.24, 2.45) is 0 Å². The van der Waals surface area contributed by atoms with Crippen molar-refractivity contribution < 1.29 is 0 Å². The van der Waals surface area contributed by atoms with Crippen LogP contribution in [0.4, 0.5) is 5.13 Å². The monoisotopic (exact) mass is 346 g/mol. The third kappa shape index (κ3) is 3.02. The van der Waals surface area contributed by atoms with Gasteiger partial charge in [0.05, 0.1) is 10.2 Å². The van der Waals surface area contributed by atoms with Crippen molar-refractivity contribution in [1.29, 1.82) is 0 Å². The van der Waals surface area contributed by atoms with Crippen LogP contribution in [-0.2, 0) is 6.42 Å². The van der Waals surface area contributed by atoms with Crippen LogP contribution in [0.1, 0.15) is 11.1 Å². The van der Waals surface area contributed by atoms with Gasteiger partial charge >= 0.3 is 0 Å². The summed E-state index contributed by atoms with van der Waals surface area (Å²) < 4.78 is 2.30. The lowest BCUT2D eigenvalue weighted by atomic mass is 10.1. The molecule has 0 saturated heterocycles. The SMILES string of the molecule is Cc1ccccc1CCNc1nc2ccc(Br)cc2s1. The van der Waals surface area contributed by atoms with Gasteiger partial charge in [0.2, 0.25) is 0 Å². The highest BCUT2D eigenvalue weighted by Gasteiger charge is 2.04. The molecule has 0 aliphatic carbocycles. The summed E-state index contributed by atoms with van der Waals surface area (Å²) in [6.45, 7) is 3.07. The van der Waals surface area contributed by atoms with Gasteiger partial charge in [-0.05, 0) is 42.7 Å². The Morgan fingerprint density at radius 1 is 1.20 bits per heavy atom. The molecule has 0 aliphatic rings. The number of aryl methyl sites for hydroxylation is 1.